The third-order valence-electron chi connectivity index (χ3n) is 5.83. The zero-order valence-electron chi connectivity index (χ0n) is 12.1. The minimum Gasteiger partial charge on any atom is -0.389 e. The number of ether oxygens (including phenoxy) is 1. The lowest BCUT2D eigenvalue weighted by Gasteiger charge is -2.51. The van der Waals surface area contributed by atoms with Gasteiger partial charge in [0, 0.05) is 25.0 Å². The number of fused-ring (bicyclic) bond motifs is 2. The van der Waals surface area contributed by atoms with Gasteiger partial charge in [-0.3, -0.25) is 0 Å². The highest BCUT2D eigenvalue weighted by Crippen LogP contribution is 2.55. The molecule has 0 spiro atoms. The highest BCUT2D eigenvalue weighted by atomic mass is 16.5. The molecule has 3 N–H and O–H groups in total. The van der Waals surface area contributed by atoms with Gasteiger partial charge >= 0.3 is 0 Å². The largest absolute Gasteiger partial charge is 0.389 e. The molecule has 0 aromatic carbocycles. The van der Waals surface area contributed by atoms with Gasteiger partial charge in [0.1, 0.15) is 0 Å². The molecule has 3 unspecified atom stereocenters. The SMILES string of the molecule is CCCN1CCC(O)(C2(CN)CC3CCC2O3)CC1. The van der Waals surface area contributed by atoms with E-state index in [1.807, 2.05) is 0 Å². The van der Waals surface area contributed by atoms with Gasteiger partial charge in [0.25, 0.3) is 0 Å². The van der Waals surface area contributed by atoms with Gasteiger partial charge in [0.05, 0.1) is 17.8 Å². The van der Waals surface area contributed by atoms with Crippen LogP contribution in [0.2, 0.25) is 0 Å². The van der Waals surface area contributed by atoms with E-state index in [9.17, 15) is 5.11 Å². The van der Waals surface area contributed by atoms with E-state index in [1.54, 1.807) is 0 Å². The van der Waals surface area contributed by atoms with Crippen LogP contribution >= 0.6 is 0 Å². The minimum atomic E-state index is -0.605. The summed E-state index contributed by atoms with van der Waals surface area (Å²) in [6, 6.07) is 0. The summed E-state index contributed by atoms with van der Waals surface area (Å²) in [7, 11) is 0. The molecule has 19 heavy (non-hydrogen) atoms. The van der Waals surface area contributed by atoms with Crippen molar-refractivity contribution in [2.24, 2.45) is 11.1 Å². The van der Waals surface area contributed by atoms with Gasteiger partial charge in [0.2, 0.25) is 0 Å². The van der Waals surface area contributed by atoms with Crippen LogP contribution in [0.15, 0.2) is 0 Å². The van der Waals surface area contributed by atoms with Gasteiger partial charge in [0.15, 0.2) is 0 Å². The third kappa shape index (κ3) is 2.04. The molecule has 3 atom stereocenters. The zero-order valence-corrected chi connectivity index (χ0v) is 12.1. The lowest BCUT2D eigenvalue weighted by molar-refractivity contribution is -0.140. The fraction of sp³-hybridized carbons (Fsp3) is 1.00. The number of aliphatic hydroxyl groups is 1. The van der Waals surface area contributed by atoms with E-state index in [0.717, 1.165) is 51.7 Å². The molecule has 3 aliphatic rings. The monoisotopic (exact) mass is 268 g/mol. The average molecular weight is 268 g/mol. The molecule has 0 radical (unpaired) electrons. The molecular formula is C15H28N2O2. The van der Waals surface area contributed by atoms with Gasteiger partial charge in [-0.1, -0.05) is 6.92 Å². The van der Waals surface area contributed by atoms with E-state index in [2.05, 4.69) is 11.8 Å². The Balaban J connectivity index is 1.73. The summed E-state index contributed by atoms with van der Waals surface area (Å²) in [6.07, 6.45) is 6.67. The Morgan fingerprint density at radius 2 is 2.05 bits per heavy atom. The summed E-state index contributed by atoms with van der Waals surface area (Å²) < 4.78 is 6.02. The summed E-state index contributed by atoms with van der Waals surface area (Å²) >= 11 is 0. The number of nitrogens with zero attached hydrogens (tertiary/aromatic N) is 1. The van der Waals surface area contributed by atoms with Gasteiger partial charge in [-0.2, -0.15) is 0 Å². The number of nitrogens with two attached hydrogens (primary N) is 1. The fourth-order valence-electron chi connectivity index (χ4n) is 4.66. The van der Waals surface area contributed by atoms with Gasteiger partial charge in [-0.05, 0) is 45.1 Å². The first-order valence-corrected chi connectivity index (χ1v) is 7.94. The van der Waals surface area contributed by atoms with Crippen LogP contribution in [0.5, 0.6) is 0 Å². The molecule has 4 heteroatoms. The number of hydrogen-bond acceptors (Lipinski definition) is 4. The molecular weight excluding hydrogens is 240 g/mol. The van der Waals surface area contributed by atoms with E-state index in [0.29, 0.717) is 12.6 Å². The predicted octanol–water partition coefficient (Wildman–Crippen LogP) is 1.12. The number of likely N-dealkylation sites (tertiary alicyclic amines) is 1. The van der Waals surface area contributed by atoms with Crippen LogP contribution in [0.1, 0.15) is 45.4 Å². The Bertz CT molecular complexity index is 328. The maximum atomic E-state index is 11.2. The van der Waals surface area contributed by atoms with Crippen LogP contribution in [0.4, 0.5) is 0 Å². The lowest BCUT2D eigenvalue weighted by atomic mass is 9.60. The first-order chi connectivity index (χ1) is 9.13. The summed E-state index contributed by atoms with van der Waals surface area (Å²) in [4.78, 5) is 2.47. The second-order valence-electron chi connectivity index (χ2n) is 6.76. The molecule has 4 nitrogen and oxygen atoms in total. The predicted molar refractivity (Wildman–Crippen MR) is 74.9 cm³/mol. The fourth-order valence-corrected chi connectivity index (χ4v) is 4.66. The molecule has 110 valence electrons. The van der Waals surface area contributed by atoms with Crippen molar-refractivity contribution in [1.82, 2.24) is 4.90 Å². The van der Waals surface area contributed by atoms with Crippen LogP contribution in [-0.2, 0) is 4.74 Å². The summed E-state index contributed by atoms with van der Waals surface area (Å²) in [5.41, 5.74) is 5.33. The molecule has 3 fully saturated rings. The Labute approximate surface area is 116 Å². The highest BCUT2D eigenvalue weighted by molar-refractivity contribution is 5.12. The Morgan fingerprint density at radius 3 is 2.53 bits per heavy atom. The molecule has 3 heterocycles. The number of rotatable bonds is 4. The molecule has 2 bridgehead atoms. The Hall–Kier alpha value is -0.160. The average Bonchev–Trinajstić information content (AvgIpc) is 3.03. The minimum absolute atomic E-state index is 0.172. The first kappa shape index (κ1) is 13.8. The van der Waals surface area contributed by atoms with Gasteiger partial charge < -0.3 is 20.5 Å². The van der Waals surface area contributed by atoms with E-state index in [1.165, 1.54) is 6.42 Å². The first-order valence-electron chi connectivity index (χ1n) is 7.94. The highest BCUT2D eigenvalue weighted by Gasteiger charge is 2.62. The van der Waals surface area contributed by atoms with E-state index in [4.69, 9.17) is 10.5 Å². The van der Waals surface area contributed by atoms with Crippen molar-refractivity contribution in [3.63, 3.8) is 0 Å². The lowest BCUT2D eigenvalue weighted by Crippen LogP contribution is -2.61. The second kappa shape index (κ2) is 4.99. The van der Waals surface area contributed by atoms with Crippen molar-refractivity contribution in [3.8, 4) is 0 Å². The van der Waals surface area contributed by atoms with E-state index in [-0.39, 0.29) is 11.5 Å². The van der Waals surface area contributed by atoms with Crippen molar-refractivity contribution in [3.05, 3.63) is 0 Å². The quantitative estimate of drug-likeness (QED) is 0.802. The molecule has 0 aromatic heterocycles. The van der Waals surface area contributed by atoms with Crippen molar-refractivity contribution < 1.29 is 9.84 Å². The van der Waals surface area contributed by atoms with Crippen molar-refractivity contribution in [1.29, 1.82) is 0 Å². The molecule has 3 saturated heterocycles. The molecule has 0 saturated carbocycles. The molecule has 3 aliphatic heterocycles. The molecule has 0 aromatic rings. The number of piperidine rings is 1. The third-order valence-corrected chi connectivity index (χ3v) is 5.83. The molecule has 0 amide bonds. The van der Waals surface area contributed by atoms with Crippen LogP contribution in [0.25, 0.3) is 0 Å². The summed E-state index contributed by atoms with van der Waals surface area (Å²) in [6.45, 7) is 5.94. The van der Waals surface area contributed by atoms with Gasteiger partial charge in [-0.25, -0.2) is 0 Å². The second-order valence-corrected chi connectivity index (χ2v) is 6.76. The van der Waals surface area contributed by atoms with Crippen LogP contribution in [0, 0.1) is 5.41 Å². The Morgan fingerprint density at radius 1 is 1.32 bits per heavy atom. The summed E-state index contributed by atoms with van der Waals surface area (Å²) in [5, 5.41) is 11.2. The maximum Gasteiger partial charge on any atom is 0.0766 e. The summed E-state index contributed by atoms with van der Waals surface area (Å²) in [5.74, 6) is 0. The topological polar surface area (TPSA) is 58.7 Å². The Kier molecular flexibility index (Phi) is 3.63. The van der Waals surface area contributed by atoms with E-state index < -0.39 is 5.60 Å². The van der Waals surface area contributed by atoms with Crippen molar-refractivity contribution >= 4 is 0 Å². The standard InChI is InChI=1S/C15H28N2O2/c1-2-7-17-8-5-15(18,6-9-17)14(11-16)10-12-3-4-13(14)19-12/h12-13,18H,2-11,16H2,1H3. The van der Waals surface area contributed by atoms with Crippen LogP contribution in [-0.4, -0.2) is 54.0 Å². The smallest absolute Gasteiger partial charge is 0.0766 e. The van der Waals surface area contributed by atoms with Crippen molar-refractivity contribution in [2.75, 3.05) is 26.2 Å². The van der Waals surface area contributed by atoms with Crippen LogP contribution in [0.3, 0.4) is 0 Å². The molecule has 3 rings (SSSR count). The molecule has 0 aliphatic carbocycles. The van der Waals surface area contributed by atoms with Crippen molar-refractivity contribution in [2.45, 2.75) is 63.3 Å². The van der Waals surface area contributed by atoms with Gasteiger partial charge in [-0.15, -0.1) is 0 Å². The van der Waals surface area contributed by atoms with Crippen LogP contribution < -0.4 is 5.73 Å². The number of hydrogen-bond donors (Lipinski definition) is 2. The zero-order chi connectivity index (χ0) is 13.5. The maximum absolute atomic E-state index is 11.2. The normalized spacial score (nSPS) is 41.8. The van der Waals surface area contributed by atoms with E-state index >= 15 is 0 Å².